The van der Waals surface area contributed by atoms with Gasteiger partial charge in [0.15, 0.2) is 0 Å². The van der Waals surface area contributed by atoms with Crippen molar-refractivity contribution < 1.29 is 19.7 Å². The Morgan fingerprint density at radius 3 is 1.31 bits per heavy atom. The number of ether oxygens (including phenoxy) is 2. The SMILES string of the molecule is CCCCCC.COC.OCCOCCO. The van der Waals surface area contributed by atoms with E-state index in [9.17, 15) is 0 Å². The van der Waals surface area contributed by atoms with Crippen LogP contribution < -0.4 is 0 Å². The zero-order valence-corrected chi connectivity index (χ0v) is 11.4. The summed E-state index contributed by atoms with van der Waals surface area (Å²) in [5, 5.41) is 16.2. The summed E-state index contributed by atoms with van der Waals surface area (Å²) in [6.45, 7) is 5.16. The number of aliphatic hydroxyl groups is 2. The van der Waals surface area contributed by atoms with Gasteiger partial charge in [-0.3, -0.25) is 0 Å². The van der Waals surface area contributed by atoms with Crippen LogP contribution in [0.15, 0.2) is 0 Å². The number of aliphatic hydroxyl groups excluding tert-OH is 2. The van der Waals surface area contributed by atoms with Gasteiger partial charge in [-0.1, -0.05) is 39.5 Å². The molecule has 4 heteroatoms. The molecule has 0 fully saturated rings. The number of unbranched alkanes of at least 4 members (excludes halogenated alkanes) is 3. The maximum absolute atomic E-state index is 8.09. The van der Waals surface area contributed by atoms with E-state index in [0.717, 1.165) is 0 Å². The molecule has 0 heterocycles. The van der Waals surface area contributed by atoms with Crippen molar-refractivity contribution in [3.63, 3.8) is 0 Å². The van der Waals surface area contributed by atoms with E-state index in [1.807, 2.05) is 0 Å². The summed E-state index contributed by atoms with van der Waals surface area (Å²) in [6, 6.07) is 0. The molecule has 0 atom stereocenters. The minimum atomic E-state index is 0.0278. The molecule has 0 saturated carbocycles. The molecule has 0 bridgehead atoms. The minimum Gasteiger partial charge on any atom is -0.394 e. The number of hydrogen-bond acceptors (Lipinski definition) is 4. The molecule has 4 nitrogen and oxygen atoms in total. The average molecular weight is 238 g/mol. The third-order valence-corrected chi connectivity index (χ3v) is 1.43. The fourth-order valence-electron chi connectivity index (χ4n) is 0.731. The van der Waals surface area contributed by atoms with Gasteiger partial charge in [-0.05, 0) is 0 Å². The first-order chi connectivity index (χ1) is 7.74. The first-order valence-corrected chi connectivity index (χ1v) is 5.94. The van der Waals surface area contributed by atoms with E-state index in [2.05, 4.69) is 23.3 Å². The summed E-state index contributed by atoms with van der Waals surface area (Å²) in [5.41, 5.74) is 0. The Kier molecular flexibility index (Phi) is 38.8. The minimum absolute atomic E-state index is 0.0278. The molecule has 0 aliphatic carbocycles. The zero-order chi connectivity index (χ0) is 13.1. The fourth-order valence-corrected chi connectivity index (χ4v) is 0.731. The maximum Gasteiger partial charge on any atom is 0.0698 e. The van der Waals surface area contributed by atoms with Crippen LogP contribution in [0.4, 0.5) is 0 Å². The van der Waals surface area contributed by atoms with Crippen molar-refractivity contribution in [1.29, 1.82) is 0 Å². The van der Waals surface area contributed by atoms with Crippen molar-refractivity contribution in [3.05, 3.63) is 0 Å². The Bertz CT molecular complexity index is 71.4. The van der Waals surface area contributed by atoms with Crippen LogP contribution in [0, 0.1) is 0 Å². The van der Waals surface area contributed by atoms with E-state index in [1.54, 1.807) is 14.2 Å². The summed E-state index contributed by atoms with van der Waals surface area (Å²) in [7, 11) is 3.25. The second-order valence-corrected chi connectivity index (χ2v) is 3.17. The lowest BCUT2D eigenvalue weighted by atomic mass is 10.2. The second kappa shape index (κ2) is 29.4. The predicted octanol–water partition coefficient (Wildman–Crippen LogP) is 1.84. The molecule has 0 aliphatic rings. The number of methoxy groups -OCH3 is 1. The van der Waals surface area contributed by atoms with E-state index in [4.69, 9.17) is 10.2 Å². The molecular formula is C12H30O4. The molecule has 0 unspecified atom stereocenters. The van der Waals surface area contributed by atoms with Gasteiger partial charge in [0.25, 0.3) is 0 Å². The summed E-state index contributed by atoms with van der Waals surface area (Å²) in [5.74, 6) is 0. The standard InChI is InChI=1S/C6H14.C4H10O3.C2H6O/c1-3-5-6-4-2;5-1-3-7-4-2-6;1-3-2/h3-6H2,1-2H3;5-6H,1-4H2;1-2H3. The summed E-state index contributed by atoms with van der Waals surface area (Å²) < 4.78 is 8.88. The summed E-state index contributed by atoms with van der Waals surface area (Å²) >= 11 is 0. The van der Waals surface area contributed by atoms with Crippen LogP contribution >= 0.6 is 0 Å². The lowest BCUT2D eigenvalue weighted by Crippen LogP contribution is -2.03. The van der Waals surface area contributed by atoms with Gasteiger partial charge in [0.1, 0.15) is 0 Å². The Labute approximate surface area is 101 Å². The Morgan fingerprint density at radius 1 is 0.812 bits per heavy atom. The molecular weight excluding hydrogens is 208 g/mol. The highest BCUT2D eigenvalue weighted by Gasteiger charge is 1.79. The molecule has 0 rings (SSSR count). The van der Waals surface area contributed by atoms with Gasteiger partial charge in [-0.15, -0.1) is 0 Å². The first-order valence-electron chi connectivity index (χ1n) is 5.94. The van der Waals surface area contributed by atoms with Gasteiger partial charge in [0, 0.05) is 14.2 Å². The molecule has 0 aliphatic heterocycles. The molecule has 0 radical (unpaired) electrons. The highest BCUT2D eigenvalue weighted by Crippen LogP contribution is 1.95. The molecule has 0 spiro atoms. The van der Waals surface area contributed by atoms with Crippen molar-refractivity contribution in [2.45, 2.75) is 39.5 Å². The molecule has 0 aromatic rings. The van der Waals surface area contributed by atoms with Gasteiger partial charge in [0.05, 0.1) is 26.4 Å². The monoisotopic (exact) mass is 238 g/mol. The van der Waals surface area contributed by atoms with Crippen LogP contribution in [0.2, 0.25) is 0 Å². The summed E-state index contributed by atoms with van der Waals surface area (Å²) in [4.78, 5) is 0. The molecule has 0 aromatic carbocycles. The van der Waals surface area contributed by atoms with Crippen LogP contribution in [-0.4, -0.2) is 50.9 Å². The zero-order valence-electron chi connectivity index (χ0n) is 11.4. The highest BCUT2D eigenvalue weighted by atomic mass is 16.5. The maximum atomic E-state index is 8.09. The van der Waals surface area contributed by atoms with Gasteiger partial charge in [-0.25, -0.2) is 0 Å². The predicted molar refractivity (Wildman–Crippen MR) is 67.7 cm³/mol. The number of hydrogen-bond donors (Lipinski definition) is 2. The van der Waals surface area contributed by atoms with E-state index in [-0.39, 0.29) is 13.2 Å². The lowest BCUT2D eigenvalue weighted by molar-refractivity contribution is 0.0650. The Hall–Kier alpha value is -0.160. The highest BCUT2D eigenvalue weighted by molar-refractivity contribution is 4.31. The van der Waals surface area contributed by atoms with Crippen LogP contribution in [0.3, 0.4) is 0 Å². The quantitative estimate of drug-likeness (QED) is 0.664. The smallest absolute Gasteiger partial charge is 0.0698 e. The normalized spacial score (nSPS) is 8.62. The van der Waals surface area contributed by atoms with Gasteiger partial charge < -0.3 is 19.7 Å². The average Bonchev–Trinajstić information content (AvgIpc) is 2.29. The molecule has 16 heavy (non-hydrogen) atoms. The molecule has 0 aromatic heterocycles. The topological polar surface area (TPSA) is 58.9 Å². The van der Waals surface area contributed by atoms with Crippen LogP contribution in [0.1, 0.15) is 39.5 Å². The number of rotatable bonds is 7. The second-order valence-electron chi connectivity index (χ2n) is 3.17. The Balaban J connectivity index is -0.000000172. The molecule has 0 amide bonds. The van der Waals surface area contributed by atoms with E-state index >= 15 is 0 Å². The molecule has 0 saturated heterocycles. The van der Waals surface area contributed by atoms with Crippen LogP contribution in [0.5, 0.6) is 0 Å². The van der Waals surface area contributed by atoms with Crippen molar-refractivity contribution in [1.82, 2.24) is 0 Å². The molecule has 102 valence electrons. The lowest BCUT2D eigenvalue weighted by Gasteiger charge is -1.94. The molecule has 2 N–H and O–H groups in total. The Morgan fingerprint density at radius 2 is 1.12 bits per heavy atom. The van der Waals surface area contributed by atoms with E-state index in [1.165, 1.54) is 25.7 Å². The van der Waals surface area contributed by atoms with Crippen LogP contribution in [-0.2, 0) is 9.47 Å². The third-order valence-electron chi connectivity index (χ3n) is 1.43. The fraction of sp³-hybridized carbons (Fsp3) is 1.00. The summed E-state index contributed by atoms with van der Waals surface area (Å²) in [6.07, 6.45) is 5.54. The van der Waals surface area contributed by atoms with Gasteiger partial charge in [0.2, 0.25) is 0 Å². The van der Waals surface area contributed by atoms with Crippen LogP contribution in [0.25, 0.3) is 0 Å². The van der Waals surface area contributed by atoms with E-state index in [0.29, 0.717) is 13.2 Å². The van der Waals surface area contributed by atoms with Gasteiger partial charge >= 0.3 is 0 Å². The van der Waals surface area contributed by atoms with Crippen molar-refractivity contribution in [2.75, 3.05) is 40.6 Å². The largest absolute Gasteiger partial charge is 0.394 e. The van der Waals surface area contributed by atoms with Crippen molar-refractivity contribution >= 4 is 0 Å². The third kappa shape index (κ3) is 48.8. The van der Waals surface area contributed by atoms with Crippen molar-refractivity contribution in [3.8, 4) is 0 Å². The van der Waals surface area contributed by atoms with E-state index < -0.39 is 0 Å². The van der Waals surface area contributed by atoms with Crippen molar-refractivity contribution in [2.24, 2.45) is 0 Å². The van der Waals surface area contributed by atoms with Gasteiger partial charge in [-0.2, -0.15) is 0 Å². The first kappa shape index (κ1) is 21.2.